The number of alkyl halides is 6. The number of ether oxygens (including phenoxy) is 1. The van der Waals surface area contributed by atoms with Gasteiger partial charge in [-0.05, 0) is 42.4 Å². The van der Waals surface area contributed by atoms with Gasteiger partial charge in [-0.3, -0.25) is 4.90 Å². The van der Waals surface area contributed by atoms with Gasteiger partial charge < -0.3 is 14.7 Å². The fraction of sp³-hybridized carbons (Fsp3) is 0.600. The lowest BCUT2D eigenvalue weighted by Crippen LogP contribution is -2.60. The Morgan fingerprint density at radius 3 is 2.12 bits per heavy atom. The number of carbonyl (C=O) groups excluding carboxylic acids is 1. The van der Waals surface area contributed by atoms with Crippen LogP contribution < -0.4 is 0 Å². The molecule has 0 aromatic heterocycles. The van der Waals surface area contributed by atoms with E-state index in [2.05, 4.69) is 9.64 Å². The summed E-state index contributed by atoms with van der Waals surface area (Å²) >= 11 is 0. The van der Waals surface area contributed by atoms with Gasteiger partial charge >= 0.3 is 24.4 Å². The second kappa shape index (κ2) is 8.45. The molecule has 0 atom stereocenters. The second-order valence-electron chi connectivity index (χ2n) is 8.43. The van der Waals surface area contributed by atoms with Crippen LogP contribution in [-0.2, 0) is 11.3 Å². The average Bonchev–Trinajstić information content (AvgIpc) is 2.63. The highest BCUT2D eigenvalue weighted by Gasteiger charge is 2.60. The predicted molar refractivity (Wildman–Crippen MR) is 99.0 cm³/mol. The molecule has 0 bridgehead atoms. The average molecular weight is 468 g/mol. The molecule has 12 heteroatoms. The normalized spacial score (nSPS) is 19.2. The number of carboxylic acid groups (broad SMARTS) is 1. The van der Waals surface area contributed by atoms with Gasteiger partial charge in [0, 0.05) is 32.7 Å². The Labute approximate surface area is 179 Å². The third kappa shape index (κ3) is 5.28. The van der Waals surface area contributed by atoms with Crippen LogP contribution in [-0.4, -0.2) is 71.6 Å². The maximum atomic E-state index is 12.6. The molecular weight excluding hydrogens is 446 g/mol. The molecule has 2 aliphatic rings. The molecule has 0 unspecified atom stereocenters. The number of nitrogens with zero attached hydrogens (tertiary/aromatic N) is 2. The Morgan fingerprint density at radius 2 is 1.66 bits per heavy atom. The highest BCUT2D eigenvalue weighted by atomic mass is 19.4. The van der Waals surface area contributed by atoms with Crippen LogP contribution in [0.15, 0.2) is 18.2 Å². The summed E-state index contributed by atoms with van der Waals surface area (Å²) in [7, 11) is 0. The van der Waals surface area contributed by atoms with E-state index in [1.807, 2.05) is 0 Å². The number of carbonyl (C=O) groups is 2. The first-order valence-corrected chi connectivity index (χ1v) is 9.84. The summed E-state index contributed by atoms with van der Waals surface area (Å²) in [5, 5.41) is 9.09. The number of aromatic carboxylic acids is 1. The third-order valence-electron chi connectivity index (χ3n) is 5.94. The van der Waals surface area contributed by atoms with Crippen LogP contribution in [0.3, 0.4) is 0 Å². The predicted octanol–water partition coefficient (Wildman–Crippen LogP) is 4.22. The van der Waals surface area contributed by atoms with E-state index in [0.717, 1.165) is 10.5 Å². The molecule has 2 saturated heterocycles. The first-order valence-electron chi connectivity index (χ1n) is 9.84. The lowest BCUT2D eigenvalue weighted by atomic mass is 9.72. The molecule has 2 fully saturated rings. The number of aryl methyl sites for hydroxylation is 1. The lowest BCUT2D eigenvalue weighted by molar-refractivity contribution is -0.308. The summed E-state index contributed by atoms with van der Waals surface area (Å²) in [6, 6.07) is 5.07. The standard InChI is InChI=1S/C20H22F6N2O4/c1-12-8-13(2-3-14(12)15(29)30)9-27-10-18(11-27)4-6-28(7-5-18)17(31)32-16(19(21,22)23)20(24,25)26/h2-3,8,16H,4-7,9-11H2,1H3,(H,29,30). The molecule has 6 nitrogen and oxygen atoms in total. The number of halogens is 6. The van der Waals surface area contributed by atoms with E-state index in [1.165, 1.54) is 0 Å². The zero-order valence-corrected chi connectivity index (χ0v) is 17.1. The Morgan fingerprint density at radius 1 is 1.09 bits per heavy atom. The molecule has 0 saturated carbocycles. The molecule has 0 aliphatic carbocycles. The molecule has 2 heterocycles. The van der Waals surface area contributed by atoms with Crippen molar-refractivity contribution in [3.63, 3.8) is 0 Å². The van der Waals surface area contributed by atoms with Crippen molar-refractivity contribution in [1.29, 1.82) is 0 Å². The number of likely N-dealkylation sites (tertiary alicyclic amines) is 2. The van der Waals surface area contributed by atoms with Crippen LogP contribution in [0, 0.1) is 12.3 Å². The Bertz CT molecular complexity index is 856. The molecule has 32 heavy (non-hydrogen) atoms. The number of piperidine rings is 1. The Hall–Kier alpha value is -2.50. The summed E-state index contributed by atoms with van der Waals surface area (Å²) in [5.41, 5.74) is 1.66. The number of hydrogen-bond acceptors (Lipinski definition) is 4. The minimum atomic E-state index is -5.74. The molecule has 0 radical (unpaired) electrons. The van der Waals surface area contributed by atoms with Crippen LogP contribution >= 0.6 is 0 Å². The van der Waals surface area contributed by atoms with Crippen molar-refractivity contribution < 1.29 is 45.8 Å². The molecular formula is C20H22F6N2O4. The summed E-state index contributed by atoms with van der Waals surface area (Å²) in [6.07, 6.45) is -16.4. The van der Waals surface area contributed by atoms with Gasteiger partial charge in [0.25, 0.3) is 6.10 Å². The highest BCUT2D eigenvalue weighted by Crippen LogP contribution is 2.42. The van der Waals surface area contributed by atoms with Gasteiger partial charge in [0.05, 0.1) is 5.56 Å². The van der Waals surface area contributed by atoms with E-state index in [4.69, 9.17) is 5.11 Å². The molecule has 3 rings (SSSR count). The molecule has 178 valence electrons. The van der Waals surface area contributed by atoms with Crippen LogP contribution in [0.2, 0.25) is 0 Å². The van der Waals surface area contributed by atoms with Crippen molar-refractivity contribution >= 4 is 12.1 Å². The van der Waals surface area contributed by atoms with Crippen LogP contribution in [0.25, 0.3) is 0 Å². The van der Waals surface area contributed by atoms with Gasteiger partial charge in [-0.15, -0.1) is 0 Å². The van der Waals surface area contributed by atoms with E-state index >= 15 is 0 Å². The van der Waals surface area contributed by atoms with Gasteiger partial charge in [-0.25, -0.2) is 9.59 Å². The van der Waals surface area contributed by atoms with Crippen molar-refractivity contribution in [1.82, 2.24) is 9.80 Å². The summed E-state index contributed by atoms with van der Waals surface area (Å²) in [4.78, 5) is 26.0. The zero-order chi connectivity index (χ0) is 23.9. The number of benzene rings is 1. The Balaban J connectivity index is 1.50. The van der Waals surface area contributed by atoms with E-state index in [0.29, 0.717) is 38.0 Å². The molecule has 1 spiro atoms. The molecule has 1 aromatic rings. The SMILES string of the molecule is Cc1cc(CN2CC3(CCN(C(=O)OC(C(F)(F)F)C(F)(F)F)CC3)C2)ccc1C(=O)O. The smallest absolute Gasteiger partial charge is 0.434 e. The van der Waals surface area contributed by atoms with Gasteiger partial charge in [0.1, 0.15) is 0 Å². The van der Waals surface area contributed by atoms with Crippen LogP contribution in [0.4, 0.5) is 31.1 Å². The van der Waals surface area contributed by atoms with Gasteiger partial charge in [-0.2, -0.15) is 26.3 Å². The molecule has 1 N–H and O–H groups in total. The number of rotatable bonds is 4. The monoisotopic (exact) mass is 468 g/mol. The minimum Gasteiger partial charge on any atom is -0.478 e. The van der Waals surface area contributed by atoms with Crippen molar-refractivity contribution in [2.75, 3.05) is 26.2 Å². The molecule has 1 aromatic carbocycles. The lowest BCUT2D eigenvalue weighted by Gasteiger charge is -2.54. The maximum Gasteiger partial charge on any atom is 0.434 e. The first-order chi connectivity index (χ1) is 14.7. The number of amides is 1. The fourth-order valence-corrected chi connectivity index (χ4v) is 4.31. The zero-order valence-electron chi connectivity index (χ0n) is 17.1. The quantitative estimate of drug-likeness (QED) is 0.671. The van der Waals surface area contributed by atoms with Crippen molar-refractivity contribution in [2.24, 2.45) is 5.41 Å². The number of carboxylic acids is 1. The first kappa shape index (κ1) is 24.1. The topological polar surface area (TPSA) is 70.1 Å². The van der Waals surface area contributed by atoms with Crippen LogP contribution in [0.1, 0.15) is 34.3 Å². The molecule has 2 aliphatic heterocycles. The van der Waals surface area contributed by atoms with Gasteiger partial charge in [0.15, 0.2) is 0 Å². The third-order valence-corrected chi connectivity index (χ3v) is 5.94. The largest absolute Gasteiger partial charge is 0.478 e. The summed E-state index contributed by atoms with van der Waals surface area (Å²) in [5.74, 6) is -1.00. The van der Waals surface area contributed by atoms with Crippen LogP contribution in [0.5, 0.6) is 0 Å². The van der Waals surface area contributed by atoms with Gasteiger partial charge in [-0.1, -0.05) is 12.1 Å². The second-order valence-corrected chi connectivity index (χ2v) is 8.43. The van der Waals surface area contributed by atoms with E-state index in [-0.39, 0.29) is 24.1 Å². The van der Waals surface area contributed by atoms with E-state index in [1.54, 1.807) is 25.1 Å². The van der Waals surface area contributed by atoms with E-state index < -0.39 is 30.5 Å². The Kier molecular flexibility index (Phi) is 6.38. The van der Waals surface area contributed by atoms with Crippen molar-refractivity contribution in [3.05, 3.63) is 34.9 Å². The summed E-state index contributed by atoms with van der Waals surface area (Å²) in [6.45, 7) is 3.67. The number of hydrogen-bond donors (Lipinski definition) is 1. The fourth-order valence-electron chi connectivity index (χ4n) is 4.31. The molecule has 1 amide bonds. The summed E-state index contributed by atoms with van der Waals surface area (Å²) < 4.78 is 79.3. The van der Waals surface area contributed by atoms with Crippen molar-refractivity contribution in [2.45, 2.75) is 44.8 Å². The highest BCUT2D eigenvalue weighted by molar-refractivity contribution is 5.89. The van der Waals surface area contributed by atoms with Gasteiger partial charge in [0.2, 0.25) is 0 Å². The maximum absolute atomic E-state index is 12.6. The van der Waals surface area contributed by atoms with Crippen molar-refractivity contribution in [3.8, 4) is 0 Å². The van der Waals surface area contributed by atoms with E-state index in [9.17, 15) is 35.9 Å². The minimum absolute atomic E-state index is 0.0154.